The van der Waals surface area contributed by atoms with Gasteiger partial charge in [-0.05, 0) is 30.4 Å². The summed E-state index contributed by atoms with van der Waals surface area (Å²) < 4.78 is 11.2. The number of ether oxygens (including phenoxy) is 2. The number of carboxylic acid groups (broad SMARTS) is 1. The van der Waals surface area contributed by atoms with Crippen molar-refractivity contribution < 1.29 is 33.8 Å². The highest BCUT2D eigenvalue weighted by Gasteiger charge is 2.46. The second kappa shape index (κ2) is 27.1. The molecular formula is C42H63NO7. The van der Waals surface area contributed by atoms with E-state index >= 15 is 0 Å². The molecule has 2 aromatic rings. The Bertz CT molecular complexity index is 1200. The lowest BCUT2D eigenvalue weighted by molar-refractivity contribution is -0.164. The molecular weight excluding hydrogens is 630 g/mol. The Labute approximate surface area is 301 Å². The highest BCUT2D eigenvalue weighted by molar-refractivity contribution is 6.02. The molecule has 2 aromatic carbocycles. The average Bonchev–Trinajstić information content (AvgIpc) is 3.12. The number of carbonyl (C=O) groups is 4. The van der Waals surface area contributed by atoms with E-state index in [4.69, 9.17) is 14.6 Å². The van der Waals surface area contributed by atoms with Gasteiger partial charge in [0.05, 0.1) is 6.42 Å². The summed E-state index contributed by atoms with van der Waals surface area (Å²) in [6, 6.07) is 19.1. The summed E-state index contributed by atoms with van der Waals surface area (Å²) in [7, 11) is 0. The SMILES string of the molecule is CCCCCCCCCCC[C@@](CCCCCCCCCCC(=O)OCc1ccccc1)(C(=O)NCCC(=O)O)C(=O)OCc1ccccc1. The lowest BCUT2D eigenvalue weighted by Crippen LogP contribution is -2.48. The van der Waals surface area contributed by atoms with Crippen molar-refractivity contribution in [1.82, 2.24) is 5.32 Å². The largest absolute Gasteiger partial charge is 0.481 e. The minimum absolute atomic E-state index is 0.0234. The predicted molar refractivity (Wildman–Crippen MR) is 198 cm³/mol. The molecule has 0 fully saturated rings. The summed E-state index contributed by atoms with van der Waals surface area (Å²) in [6.45, 7) is 2.60. The summed E-state index contributed by atoms with van der Waals surface area (Å²) in [5.74, 6) is -2.09. The van der Waals surface area contributed by atoms with Gasteiger partial charge in [0, 0.05) is 13.0 Å². The van der Waals surface area contributed by atoms with Crippen LogP contribution in [0.15, 0.2) is 60.7 Å². The van der Waals surface area contributed by atoms with E-state index in [0.717, 1.165) is 81.8 Å². The van der Waals surface area contributed by atoms with Gasteiger partial charge < -0.3 is 19.9 Å². The second-order valence-electron chi connectivity index (χ2n) is 13.6. The number of rotatable bonds is 30. The Morgan fingerprint density at radius 1 is 0.580 bits per heavy atom. The van der Waals surface area contributed by atoms with Gasteiger partial charge in [-0.1, -0.05) is 170 Å². The lowest BCUT2D eigenvalue weighted by atomic mass is 9.76. The van der Waals surface area contributed by atoms with Crippen LogP contribution < -0.4 is 5.32 Å². The third kappa shape index (κ3) is 18.9. The number of nitrogens with one attached hydrogen (secondary N) is 1. The zero-order chi connectivity index (χ0) is 36.1. The lowest BCUT2D eigenvalue weighted by Gasteiger charge is -2.30. The topological polar surface area (TPSA) is 119 Å². The van der Waals surface area contributed by atoms with Gasteiger partial charge in [0.2, 0.25) is 5.91 Å². The van der Waals surface area contributed by atoms with Gasteiger partial charge in [-0.15, -0.1) is 0 Å². The molecule has 0 spiro atoms. The number of hydrogen-bond donors (Lipinski definition) is 2. The van der Waals surface area contributed by atoms with Gasteiger partial charge in [-0.2, -0.15) is 0 Å². The van der Waals surface area contributed by atoms with E-state index in [9.17, 15) is 19.2 Å². The molecule has 278 valence electrons. The normalized spacial score (nSPS) is 12.2. The van der Waals surface area contributed by atoms with Crippen molar-refractivity contribution in [1.29, 1.82) is 0 Å². The first-order valence-corrected chi connectivity index (χ1v) is 19.3. The number of carbonyl (C=O) groups excluding carboxylic acids is 3. The van der Waals surface area contributed by atoms with Crippen molar-refractivity contribution in [2.75, 3.05) is 6.54 Å². The molecule has 1 amide bonds. The molecule has 0 heterocycles. The zero-order valence-corrected chi connectivity index (χ0v) is 30.6. The van der Waals surface area contributed by atoms with Crippen LogP contribution >= 0.6 is 0 Å². The van der Waals surface area contributed by atoms with Crippen molar-refractivity contribution in [2.45, 2.75) is 155 Å². The van der Waals surface area contributed by atoms with Gasteiger partial charge in [-0.25, -0.2) is 0 Å². The van der Waals surface area contributed by atoms with Crippen LogP contribution in [0, 0.1) is 5.41 Å². The molecule has 0 aliphatic heterocycles. The fraction of sp³-hybridized carbons (Fsp3) is 0.619. The van der Waals surface area contributed by atoms with E-state index in [0.29, 0.717) is 32.3 Å². The van der Waals surface area contributed by atoms with Crippen molar-refractivity contribution >= 4 is 23.8 Å². The van der Waals surface area contributed by atoms with Crippen molar-refractivity contribution in [2.24, 2.45) is 5.41 Å². The molecule has 0 radical (unpaired) electrons. The van der Waals surface area contributed by atoms with E-state index in [2.05, 4.69) is 12.2 Å². The Kier molecular flexibility index (Phi) is 23.0. The average molecular weight is 694 g/mol. The first kappa shape index (κ1) is 42.5. The Balaban J connectivity index is 1.85. The van der Waals surface area contributed by atoms with Crippen molar-refractivity contribution in [3.05, 3.63) is 71.8 Å². The van der Waals surface area contributed by atoms with Gasteiger partial charge in [0.1, 0.15) is 18.6 Å². The number of aliphatic carboxylic acids is 1. The predicted octanol–water partition coefficient (Wildman–Crippen LogP) is 9.87. The third-order valence-corrected chi connectivity index (χ3v) is 9.35. The third-order valence-electron chi connectivity index (χ3n) is 9.35. The van der Waals surface area contributed by atoms with Crippen LogP contribution in [-0.4, -0.2) is 35.5 Å². The van der Waals surface area contributed by atoms with Crippen LogP contribution in [0.4, 0.5) is 0 Å². The molecule has 50 heavy (non-hydrogen) atoms. The molecule has 2 rings (SSSR count). The molecule has 0 bridgehead atoms. The molecule has 0 aromatic heterocycles. The van der Waals surface area contributed by atoms with Crippen LogP contribution in [0.25, 0.3) is 0 Å². The smallest absolute Gasteiger partial charge is 0.321 e. The summed E-state index contributed by atoms with van der Waals surface area (Å²) in [4.78, 5) is 50.8. The maximum atomic E-state index is 13.8. The van der Waals surface area contributed by atoms with Crippen LogP contribution in [0.5, 0.6) is 0 Å². The molecule has 0 saturated carbocycles. The zero-order valence-electron chi connectivity index (χ0n) is 30.6. The Hall–Kier alpha value is -3.68. The first-order valence-electron chi connectivity index (χ1n) is 19.3. The van der Waals surface area contributed by atoms with Crippen LogP contribution in [0.1, 0.15) is 153 Å². The minimum Gasteiger partial charge on any atom is -0.481 e. The maximum absolute atomic E-state index is 13.8. The molecule has 8 heteroatoms. The molecule has 2 N–H and O–H groups in total. The highest BCUT2D eigenvalue weighted by Crippen LogP contribution is 2.35. The van der Waals surface area contributed by atoms with Crippen LogP contribution in [-0.2, 0) is 41.9 Å². The number of carboxylic acids is 1. The summed E-state index contributed by atoms with van der Waals surface area (Å²) in [6.07, 6.45) is 18.7. The van der Waals surface area contributed by atoms with Crippen molar-refractivity contribution in [3.63, 3.8) is 0 Å². The fourth-order valence-electron chi connectivity index (χ4n) is 6.27. The van der Waals surface area contributed by atoms with E-state index in [1.165, 1.54) is 32.1 Å². The van der Waals surface area contributed by atoms with Crippen molar-refractivity contribution in [3.8, 4) is 0 Å². The molecule has 0 saturated heterocycles. The van der Waals surface area contributed by atoms with Gasteiger partial charge >= 0.3 is 17.9 Å². The number of unbranched alkanes of at least 4 members (excludes halogenated alkanes) is 15. The molecule has 0 aliphatic carbocycles. The van der Waals surface area contributed by atoms with Crippen LogP contribution in [0.3, 0.4) is 0 Å². The number of esters is 2. The molecule has 8 nitrogen and oxygen atoms in total. The molecule has 1 atom stereocenters. The van der Waals surface area contributed by atoms with Gasteiger partial charge in [0.15, 0.2) is 0 Å². The van der Waals surface area contributed by atoms with E-state index in [1.54, 1.807) is 0 Å². The van der Waals surface area contributed by atoms with E-state index in [1.807, 2.05) is 60.7 Å². The number of amides is 1. The Morgan fingerprint density at radius 2 is 1.02 bits per heavy atom. The summed E-state index contributed by atoms with van der Waals surface area (Å²) in [5.41, 5.74) is 0.501. The fourth-order valence-corrected chi connectivity index (χ4v) is 6.27. The summed E-state index contributed by atoms with van der Waals surface area (Å²) in [5, 5.41) is 11.9. The summed E-state index contributed by atoms with van der Waals surface area (Å²) >= 11 is 0. The second-order valence-corrected chi connectivity index (χ2v) is 13.6. The van der Waals surface area contributed by atoms with E-state index < -0.39 is 23.3 Å². The van der Waals surface area contributed by atoms with Gasteiger partial charge in [-0.3, -0.25) is 19.2 Å². The number of hydrogen-bond acceptors (Lipinski definition) is 6. The number of benzene rings is 2. The monoisotopic (exact) mass is 693 g/mol. The highest BCUT2D eigenvalue weighted by atomic mass is 16.5. The molecule has 0 unspecified atom stereocenters. The standard InChI is InChI=1S/C42H63NO7/c1-2-3-4-5-6-8-11-14-23-31-42(40(47)43-33-30-38(44)45,41(48)50-35-37-27-20-17-21-28-37)32-24-15-12-9-7-10-13-22-29-39(46)49-34-36-25-18-16-19-26-36/h16-21,25-28H,2-15,22-24,29-35H2,1H3,(H,43,47)(H,44,45)/t42-/m1/s1. The van der Waals surface area contributed by atoms with Gasteiger partial charge in [0.25, 0.3) is 0 Å². The van der Waals surface area contributed by atoms with E-state index in [-0.39, 0.29) is 25.5 Å². The minimum atomic E-state index is -1.34. The molecule has 0 aliphatic rings. The maximum Gasteiger partial charge on any atom is 0.321 e. The first-order chi connectivity index (χ1) is 24.4. The Morgan fingerprint density at radius 3 is 1.50 bits per heavy atom. The van der Waals surface area contributed by atoms with Crippen LogP contribution in [0.2, 0.25) is 0 Å². The quantitative estimate of drug-likeness (QED) is 0.0475.